The molecule has 248 valence electrons. The SMILES string of the molecule is C=C(C)C(=O)OCCOc1c(OCC)cc(Sc2cc(OCC)c(OCCOC(=O)C(=C)C)c(Cl)c2OCC)c(OCC)c1Cl. The molecule has 0 atom stereocenters. The molecular formula is C32H40Cl2O10S. The van der Waals surface area contributed by atoms with Gasteiger partial charge in [-0.15, -0.1) is 0 Å². The number of carbonyl (C=O) groups excluding carboxylic acids is 2. The largest absolute Gasteiger partial charge is 0.491 e. The van der Waals surface area contributed by atoms with Crippen LogP contribution in [0.5, 0.6) is 34.5 Å². The molecule has 0 N–H and O–H groups in total. The zero-order valence-electron chi connectivity index (χ0n) is 26.5. The summed E-state index contributed by atoms with van der Waals surface area (Å²) in [6.45, 7) is 18.8. The first-order chi connectivity index (χ1) is 21.5. The van der Waals surface area contributed by atoms with Gasteiger partial charge in [0.15, 0.2) is 34.5 Å². The summed E-state index contributed by atoms with van der Waals surface area (Å²) in [6, 6.07) is 3.48. The van der Waals surface area contributed by atoms with E-state index in [2.05, 4.69) is 13.2 Å². The van der Waals surface area contributed by atoms with Crippen LogP contribution in [0.3, 0.4) is 0 Å². The van der Waals surface area contributed by atoms with Crippen LogP contribution >= 0.6 is 35.0 Å². The van der Waals surface area contributed by atoms with Gasteiger partial charge in [-0.05, 0) is 41.5 Å². The first-order valence-electron chi connectivity index (χ1n) is 14.3. The van der Waals surface area contributed by atoms with Crippen LogP contribution in [-0.4, -0.2) is 64.8 Å². The highest BCUT2D eigenvalue weighted by molar-refractivity contribution is 7.99. The molecule has 0 aliphatic carbocycles. The molecule has 13 heteroatoms. The van der Waals surface area contributed by atoms with Crippen LogP contribution in [0.4, 0.5) is 0 Å². The number of halogens is 2. The number of esters is 2. The third-order valence-corrected chi connectivity index (χ3v) is 7.17. The summed E-state index contributed by atoms with van der Waals surface area (Å²) in [4.78, 5) is 24.7. The maximum atomic E-state index is 11.7. The Balaban J connectivity index is 2.51. The molecule has 0 radical (unpaired) electrons. The second-order valence-electron chi connectivity index (χ2n) is 9.05. The fraction of sp³-hybridized carbons (Fsp3) is 0.438. The van der Waals surface area contributed by atoms with E-state index in [9.17, 15) is 9.59 Å². The molecule has 0 amide bonds. The molecule has 0 aromatic heterocycles. The Morgan fingerprint density at radius 2 is 0.956 bits per heavy atom. The van der Waals surface area contributed by atoms with Crippen molar-refractivity contribution in [1.82, 2.24) is 0 Å². The molecule has 45 heavy (non-hydrogen) atoms. The number of ether oxygens (including phenoxy) is 8. The summed E-state index contributed by atoms with van der Waals surface area (Å²) in [5.41, 5.74) is 0.566. The van der Waals surface area contributed by atoms with Crippen molar-refractivity contribution in [2.24, 2.45) is 0 Å². The number of benzene rings is 2. The lowest BCUT2D eigenvalue weighted by molar-refractivity contribution is -0.140. The molecule has 10 nitrogen and oxygen atoms in total. The van der Waals surface area contributed by atoms with Crippen molar-refractivity contribution in [2.75, 3.05) is 52.9 Å². The number of rotatable bonds is 20. The summed E-state index contributed by atoms with van der Waals surface area (Å²) in [5.74, 6) is 0.855. The van der Waals surface area contributed by atoms with Gasteiger partial charge in [-0.1, -0.05) is 48.1 Å². The normalized spacial score (nSPS) is 10.5. The van der Waals surface area contributed by atoms with Crippen molar-refractivity contribution in [2.45, 2.75) is 51.3 Å². The Hall–Kier alpha value is -3.41. The average Bonchev–Trinajstić information content (AvgIpc) is 2.99. The predicted octanol–water partition coefficient (Wildman–Crippen LogP) is 7.74. The average molecular weight is 688 g/mol. The summed E-state index contributed by atoms with van der Waals surface area (Å²) >= 11 is 14.9. The third-order valence-electron chi connectivity index (χ3n) is 5.44. The van der Waals surface area contributed by atoms with Gasteiger partial charge in [0, 0.05) is 23.3 Å². The number of carbonyl (C=O) groups is 2. The lowest BCUT2D eigenvalue weighted by Crippen LogP contribution is -2.13. The van der Waals surface area contributed by atoms with Crippen molar-refractivity contribution in [3.8, 4) is 34.5 Å². The topological polar surface area (TPSA) is 108 Å². The first-order valence-corrected chi connectivity index (χ1v) is 15.9. The maximum absolute atomic E-state index is 11.7. The van der Waals surface area contributed by atoms with Crippen LogP contribution in [0.25, 0.3) is 0 Å². The Morgan fingerprint density at radius 3 is 1.27 bits per heavy atom. The molecule has 0 aliphatic rings. The molecule has 2 rings (SSSR count). The molecule has 2 aromatic rings. The minimum absolute atomic E-state index is 0.0186. The van der Waals surface area contributed by atoms with E-state index < -0.39 is 11.9 Å². The minimum atomic E-state index is -0.519. The Morgan fingerprint density at radius 1 is 0.600 bits per heavy atom. The molecular weight excluding hydrogens is 647 g/mol. The Labute approximate surface area is 278 Å². The van der Waals surface area contributed by atoms with Crippen LogP contribution in [0, 0.1) is 0 Å². The highest BCUT2D eigenvalue weighted by Crippen LogP contribution is 2.54. The van der Waals surface area contributed by atoms with Crippen molar-refractivity contribution in [1.29, 1.82) is 0 Å². The molecule has 2 aromatic carbocycles. The third kappa shape index (κ3) is 10.9. The first kappa shape index (κ1) is 37.8. The lowest BCUT2D eigenvalue weighted by Gasteiger charge is -2.21. The van der Waals surface area contributed by atoms with Gasteiger partial charge in [0.05, 0.1) is 36.2 Å². The van der Waals surface area contributed by atoms with Crippen molar-refractivity contribution >= 4 is 46.9 Å². The van der Waals surface area contributed by atoms with Gasteiger partial charge in [-0.3, -0.25) is 0 Å². The van der Waals surface area contributed by atoms with Crippen molar-refractivity contribution in [3.05, 3.63) is 46.5 Å². The van der Waals surface area contributed by atoms with Gasteiger partial charge in [-0.2, -0.15) is 0 Å². The smallest absolute Gasteiger partial charge is 0.333 e. The molecule has 0 spiro atoms. The van der Waals surface area contributed by atoms with Crippen LogP contribution in [0.15, 0.2) is 46.2 Å². The fourth-order valence-electron chi connectivity index (χ4n) is 3.56. The lowest BCUT2D eigenvalue weighted by atomic mass is 10.3. The molecule has 0 aliphatic heterocycles. The predicted molar refractivity (Wildman–Crippen MR) is 174 cm³/mol. The number of hydrogen-bond acceptors (Lipinski definition) is 11. The Bertz CT molecular complexity index is 1260. The molecule has 0 unspecified atom stereocenters. The van der Waals surface area contributed by atoms with E-state index >= 15 is 0 Å². The van der Waals surface area contributed by atoms with Gasteiger partial charge in [-0.25, -0.2) is 9.59 Å². The van der Waals surface area contributed by atoms with E-state index in [1.807, 2.05) is 27.7 Å². The molecule has 0 saturated carbocycles. The van der Waals surface area contributed by atoms with Gasteiger partial charge in [0.2, 0.25) is 0 Å². The molecule has 0 saturated heterocycles. The summed E-state index contributed by atoms with van der Waals surface area (Å²) in [6.07, 6.45) is 0. The molecule has 0 heterocycles. The van der Waals surface area contributed by atoms with Crippen LogP contribution in [-0.2, 0) is 19.1 Å². The second kappa shape index (κ2) is 19.2. The standard InChI is InChI=1S/C32H40Cl2O10S/c1-9-37-21-17-23(29(39-11-3)25(33)27(21)41-13-15-43-31(35)19(5)6)45-24-18-22(38-10-2)28(26(34)30(24)40-12-4)42-14-16-44-32(36)20(7)8/h17-18H,5,7,9-16H2,1-4,6,8H3. The van der Waals surface area contributed by atoms with E-state index in [4.69, 9.17) is 61.1 Å². The van der Waals surface area contributed by atoms with E-state index in [1.54, 1.807) is 26.0 Å². The van der Waals surface area contributed by atoms with Crippen LogP contribution in [0.2, 0.25) is 10.0 Å². The van der Waals surface area contributed by atoms with Gasteiger partial charge in [0.25, 0.3) is 0 Å². The molecule has 0 bridgehead atoms. The zero-order chi connectivity index (χ0) is 33.5. The van der Waals surface area contributed by atoms with Crippen LogP contribution < -0.4 is 28.4 Å². The summed E-state index contributed by atoms with van der Waals surface area (Å²) in [5, 5.41) is 0.352. The highest BCUT2D eigenvalue weighted by atomic mass is 35.5. The van der Waals surface area contributed by atoms with Crippen molar-refractivity contribution in [3.63, 3.8) is 0 Å². The van der Waals surface area contributed by atoms with Crippen LogP contribution in [0.1, 0.15) is 41.5 Å². The summed E-state index contributed by atoms with van der Waals surface area (Å²) in [7, 11) is 0. The van der Waals surface area contributed by atoms with Gasteiger partial charge in [0.1, 0.15) is 36.5 Å². The van der Waals surface area contributed by atoms with E-state index in [0.29, 0.717) is 59.2 Å². The van der Waals surface area contributed by atoms with E-state index in [-0.39, 0.29) is 59.1 Å². The van der Waals surface area contributed by atoms with Crippen molar-refractivity contribution < 1.29 is 47.5 Å². The monoisotopic (exact) mass is 686 g/mol. The molecule has 0 fully saturated rings. The number of hydrogen-bond donors (Lipinski definition) is 0. The van der Waals surface area contributed by atoms with E-state index in [0.717, 1.165) is 0 Å². The maximum Gasteiger partial charge on any atom is 0.333 e. The quantitative estimate of drug-likeness (QED) is 0.0775. The van der Waals surface area contributed by atoms with Gasteiger partial charge >= 0.3 is 11.9 Å². The summed E-state index contributed by atoms with van der Waals surface area (Å²) < 4.78 is 45.7. The van der Waals surface area contributed by atoms with Gasteiger partial charge < -0.3 is 37.9 Å². The minimum Gasteiger partial charge on any atom is -0.491 e. The highest BCUT2D eigenvalue weighted by Gasteiger charge is 2.26. The zero-order valence-corrected chi connectivity index (χ0v) is 28.8. The second-order valence-corrected chi connectivity index (χ2v) is 10.9. The van der Waals surface area contributed by atoms with E-state index in [1.165, 1.54) is 11.8 Å². The Kier molecular flexibility index (Phi) is 16.1. The fourth-order valence-corrected chi connectivity index (χ4v) is 5.36.